The molecule has 0 saturated heterocycles. The molecular weight excluding hydrogens is 582 g/mol. The number of esters is 2. The van der Waals surface area contributed by atoms with E-state index in [-0.39, 0.29) is 42.7 Å². The summed E-state index contributed by atoms with van der Waals surface area (Å²) in [6.07, 6.45) is 30.3. The smallest absolute Gasteiger partial charge is 0.306 e. The molecule has 0 aromatic rings. The van der Waals surface area contributed by atoms with Crippen molar-refractivity contribution in [2.45, 2.75) is 148 Å². The molecule has 0 amide bonds. The van der Waals surface area contributed by atoms with E-state index in [4.69, 9.17) is 14.2 Å². The zero-order valence-electron chi connectivity index (χ0n) is 30.0. The van der Waals surface area contributed by atoms with Gasteiger partial charge in [-0.15, -0.1) is 0 Å². The molecule has 2 unspecified atom stereocenters. The van der Waals surface area contributed by atoms with E-state index in [1.807, 2.05) is 0 Å². The number of carboxylic acid groups (broad SMARTS) is 1. The Kier molecular flexibility index (Phi) is 28.3. The summed E-state index contributed by atoms with van der Waals surface area (Å²) in [5.74, 6) is -1.79. The van der Waals surface area contributed by atoms with Crippen LogP contribution in [-0.2, 0) is 28.6 Å². The van der Waals surface area contributed by atoms with E-state index in [1.165, 1.54) is 32.1 Å². The number of likely N-dealkylation sites (N-methyl/N-ethyl adjacent to an activating group) is 1. The summed E-state index contributed by atoms with van der Waals surface area (Å²) in [6.45, 7) is 4.50. The lowest BCUT2D eigenvalue weighted by atomic mass is 10.1. The molecule has 0 aliphatic carbocycles. The first-order valence-corrected chi connectivity index (χ1v) is 18.0. The van der Waals surface area contributed by atoms with E-state index in [1.54, 1.807) is 21.1 Å². The normalized spacial score (nSPS) is 13.5. The van der Waals surface area contributed by atoms with Gasteiger partial charge in [-0.25, -0.2) is 0 Å². The average molecular weight is 650 g/mol. The standard InChI is InChI=1S/C38H67NO7/c1-6-8-10-12-14-16-18-20-22-24-26-28-36(40)45-33-34(32-44-31-30-35(38(42)43)39(3,4)5)46-37(41)29-27-25-23-21-19-17-15-13-11-9-7-2/h12-16,18,34-35H,6-11,17,19-33H2,1-5H3/b14-12+,15-13+,18-16+. The first-order valence-electron chi connectivity index (χ1n) is 18.0. The van der Waals surface area contributed by atoms with Crippen molar-refractivity contribution >= 4 is 17.9 Å². The fourth-order valence-electron chi connectivity index (χ4n) is 4.85. The largest absolute Gasteiger partial charge is 0.544 e. The van der Waals surface area contributed by atoms with Crippen molar-refractivity contribution < 1.29 is 38.2 Å². The fourth-order valence-corrected chi connectivity index (χ4v) is 4.85. The number of carboxylic acids is 1. The first-order chi connectivity index (χ1) is 22.1. The Morgan fingerprint density at radius 2 is 1.15 bits per heavy atom. The summed E-state index contributed by atoms with van der Waals surface area (Å²) in [5, 5.41) is 11.5. The van der Waals surface area contributed by atoms with Gasteiger partial charge in [-0.05, 0) is 51.4 Å². The lowest BCUT2D eigenvalue weighted by molar-refractivity contribution is -0.889. The van der Waals surface area contributed by atoms with Crippen LogP contribution in [0.5, 0.6) is 0 Å². The minimum absolute atomic E-state index is 0.0287. The van der Waals surface area contributed by atoms with Crippen molar-refractivity contribution in [3.05, 3.63) is 36.5 Å². The van der Waals surface area contributed by atoms with Crippen LogP contribution in [0.2, 0.25) is 0 Å². The second-order valence-electron chi connectivity index (χ2n) is 13.1. The van der Waals surface area contributed by atoms with Crippen LogP contribution < -0.4 is 5.11 Å². The van der Waals surface area contributed by atoms with Crippen molar-refractivity contribution in [1.82, 2.24) is 0 Å². The van der Waals surface area contributed by atoms with Gasteiger partial charge < -0.3 is 28.6 Å². The van der Waals surface area contributed by atoms with Crippen LogP contribution in [0, 0.1) is 0 Å². The maximum atomic E-state index is 12.6. The van der Waals surface area contributed by atoms with Crippen molar-refractivity contribution in [2.75, 3.05) is 41.0 Å². The number of allylic oxidation sites excluding steroid dienone is 6. The molecule has 2 atom stereocenters. The molecule has 0 aromatic heterocycles. The van der Waals surface area contributed by atoms with Gasteiger partial charge in [-0.1, -0.05) is 102 Å². The Morgan fingerprint density at radius 1 is 0.652 bits per heavy atom. The highest BCUT2D eigenvalue weighted by molar-refractivity contribution is 5.70. The van der Waals surface area contributed by atoms with Crippen molar-refractivity contribution in [1.29, 1.82) is 0 Å². The molecule has 0 radical (unpaired) electrons. The zero-order chi connectivity index (χ0) is 34.3. The third-order valence-corrected chi connectivity index (χ3v) is 7.78. The summed E-state index contributed by atoms with van der Waals surface area (Å²) in [4.78, 5) is 36.5. The molecule has 266 valence electrons. The van der Waals surface area contributed by atoms with Gasteiger partial charge in [0.2, 0.25) is 0 Å². The number of rotatable bonds is 31. The molecular formula is C38H67NO7. The number of hydrogen-bond acceptors (Lipinski definition) is 7. The molecule has 8 heteroatoms. The maximum absolute atomic E-state index is 12.6. The topological polar surface area (TPSA) is 102 Å². The third kappa shape index (κ3) is 27.8. The van der Waals surface area contributed by atoms with Gasteiger partial charge in [-0.2, -0.15) is 0 Å². The number of carbonyl (C=O) groups excluding carboxylic acids is 3. The highest BCUT2D eigenvalue weighted by Gasteiger charge is 2.25. The predicted octanol–water partition coefficient (Wildman–Crippen LogP) is 7.40. The first kappa shape index (κ1) is 43.5. The molecule has 0 aliphatic heterocycles. The number of ether oxygens (including phenoxy) is 3. The number of nitrogens with zero attached hydrogens (tertiary/aromatic N) is 1. The second-order valence-corrected chi connectivity index (χ2v) is 13.1. The van der Waals surface area contributed by atoms with Crippen LogP contribution in [0.4, 0.5) is 0 Å². The monoisotopic (exact) mass is 649 g/mol. The van der Waals surface area contributed by atoms with E-state index < -0.39 is 18.1 Å². The van der Waals surface area contributed by atoms with Crippen LogP contribution in [-0.4, -0.2) is 75.5 Å². The number of unbranched alkanes of at least 4 members (excludes halogenated alkanes) is 12. The molecule has 0 heterocycles. The minimum atomic E-state index is -1.13. The molecule has 0 rings (SSSR count). The summed E-state index contributed by atoms with van der Waals surface area (Å²) in [6, 6.07) is -0.728. The van der Waals surface area contributed by atoms with Crippen LogP contribution in [0.1, 0.15) is 136 Å². The molecule has 46 heavy (non-hydrogen) atoms. The number of hydrogen-bond donors (Lipinski definition) is 0. The number of quaternary nitrogens is 1. The van der Waals surface area contributed by atoms with E-state index in [9.17, 15) is 19.5 Å². The predicted molar refractivity (Wildman–Crippen MR) is 185 cm³/mol. The van der Waals surface area contributed by atoms with E-state index >= 15 is 0 Å². The highest BCUT2D eigenvalue weighted by Crippen LogP contribution is 2.12. The van der Waals surface area contributed by atoms with Crippen LogP contribution in [0.25, 0.3) is 0 Å². The third-order valence-electron chi connectivity index (χ3n) is 7.78. The van der Waals surface area contributed by atoms with Gasteiger partial charge in [-0.3, -0.25) is 9.59 Å². The Hall–Kier alpha value is -2.45. The zero-order valence-corrected chi connectivity index (χ0v) is 30.0. The van der Waals surface area contributed by atoms with Gasteiger partial charge in [0.15, 0.2) is 6.10 Å². The molecule has 8 nitrogen and oxygen atoms in total. The van der Waals surface area contributed by atoms with E-state index in [0.29, 0.717) is 12.8 Å². The fraction of sp³-hybridized carbons (Fsp3) is 0.763. The average Bonchev–Trinajstić information content (AvgIpc) is 3.00. The maximum Gasteiger partial charge on any atom is 0.306 e. The van der Waals surface area contributed by atoms with Gasteiger partial charge >= 0.3 is 11.9 Å². The Balaban J connectivity index is 4.52. The van der Waals surface area contributed by atoms with Gasteiger partial charge in [0.1, 0.15) is 12.6 Å². The number of aliphatic carboxylic acids is 1. The van der Waals surface area contributed by atoms with E-state index in [0.717, 1.165) is 70.6 Å². The Bertz CT molecular complexity index is 860. The second kappa shape index (κ2) is 29.9. The van der Waals surface area contributed by atoms with Crippen molar-refractivity contribution in [3.63, 3.8) is 0 Å². The molecule has 0 aliphatic rings. The summed E-state index contributed by atoms with van der Waals surface area (Å²) in [7, 11) is 5.37. The summed E-state index contributed by atoms with van der Waals surface area (Å²) >= 11 is 0. The highest BCUT2D eigenvalue weighted by atomic mass is 16.6. The van der Waals surface area contributed by atoms with Crippen LogP contribution in [0.3, 0.4) is 0 Å². The quantitative estimate of drug-likeness (QED) is 0.0254. The molecule has 0 bridgehead atoms. The molecule has 0 spiro atoms. The Labute approximate surface area is 281 Å². The van der Waals surface area contributed by atoms with Crippen LogP contribution in [0.15, 0.2) is 36.5 Å². The Morgan fingerprint density at radius 3 is 1.74 bits per heavy atom. The molecule has 0 N–H and O–H groups in total. The number of carbonyl (C=O) groups is 3. The molecule has 0 aromatic carbocycles. The lowest BCUT2D eigenvalue weighted by Gasteiger charge is -2.34. The van der Waals surface area contributed by atoms with Gasteiger partial charge in [0.05, 0.1) is 40.3 Å². The molecule has 0 fully saturated rings. The van der Waals surface area contributed by atoms with Gasteiger partial charge in [0, 0.05) is 19.3 Å². The molecule has 0 saturated carbocycles. The summed E-state index contributed by atoms with van der Waals surface area (Å²) < 4.78 is 17.0. The lowest BCUT2D eigenvalue weighted by Crippen LogP contribution is -2.55. The van der Waals surface area contributed by atoms with Gasteiger partial charge in [0.25, 0.3) is 0 Å². The minimum Gasteiger partial charge on any atom is -0.544 e. The van der Waals surface area contributed by atoms with E-state index in [2.05, 4.69) is 50.3 Å². The van der Waals surface area contributed by atoms with Crippen molar-refractivity contribution in [2.24, 2.45) is 0 Å². The summed E-state index contributed by atoms with van der Waals surface area (Å²) in [5.41, 5.74) is 0. The SMILES string of the molecule is CCCC/C=C/C=C/CCCCCC(=O)OCC(COCCC(C(=O)[O-])[N+](C)(C)C)OC(=O)CCCCCCC/C=C/CCCC. The van der Waals surface area contributed by atoms with Crippen molar-refractivity contribution in [3.8, 4) is 0 Å². The van der Waals surface area contributed by atoms with Crippen LogP contribution >= 0.6 is 0 Å².